The summed E-state index contributed by atoms with van der Waals surface area (Å²) in [5, 5.41) is 10.1. The first-order chi connectivity index (χ1) is 16.0. The van der Waals surface area contributed by atoms with Crippen molar-refractivity contribution < 1.29 is 13.9 Å². The maximum absolute atomic E-state index is 13.5. The van der Waals surface area contributed by atoms with Gasteiger partial charge in [-0.05, 0) is 73.0 Å². The molecule has 0 unspecified atom stereocenters. The van der Waals surface area contributed by atoms with Gasteiger partial charge in [0.15, 0.2) is 11.5 Å². The minimum absolute atomic E-state index is 0.134. The van der Waals surface area contributed by atoms with E-state index >= 15 is 0 Å². The van der Waals surface area contributed by atoms with Gasteiger partial charge in [-0.15, -0.1) is 0 Å². The zero-order valence-corrected chi connectivity index (χ0v) is 18.9. The molecule has 33 heavy (non-hydrogen) atoms. The maximum Gasteiger partial charge on any atom is 0.180 e. The van der Waals surface area contributed by atoms with Gasteiger partial charge in [-0.3, -0.25) is 0 Å². The summed E-state index contributed by atoms with van der Waals surface area (Å²) in [5.74, 6) is 0.930. The van der Waals surface area contributed by atoms with E-state index in [1.165, 1.54) is 12.1 Å². The Balaban J connectivity index is 1.66. The van der Waals surface area contributed by atoms with Crippen molar-refractivity contribution in [2.45, 2.75) is 20.5 Å². The third kappa shape index (κ3) is 5.16. The summed E-state index contributed by atoms with van der Waals surface area (Å²) in [5.41, 5.74) is 4.43. The van der Waals surface area contributed by atoms with Crippen molar-refractivity contribution >= 4 is 34.3 Å². The molecule has 4 rings (SSSR count). The number of imidazole rings is 1. The van der Waals surface area contributed by atoms with Gasteiger partial charge in [-0.25, -0.2) is 9.37 Å². The van der Waals surface area contributed by atoms with Crippen LogP contribution in [-0.4, -0.2) is 16.6 Å². The molecule has 0 saturated carbocycles. The fourth-order valence-corrected chi connectivity index (χ4v) is 3.70. The first-order valence-electron chi connectivity index (χ1n) is 10.4. The smallest absolute Gasteiger partial charge is 0.180 e. The lowest BCUT2D eigenvalue weighted by Crippen LogP contribution is -2.01. The number of aromatic nitrogens is 2. The summed E-state index contributed by atoms with van der Waals surface area (Å²) in [6.45, 7) is 4.38. The molecule has 0 amide bonds. The average molecular weight is 462 g/mol. The number of halogens is 2. The lowest BCUT2D eigenvalue weighted by molar-refractivity contribution is 0.269. The minimum atomic E-state index is -0.336. The van der Waals surface area contributed by atoms with Crippen molar-refractivity contribution in [2.24, 2.45) is 0 Å². The van der Waals surface area contributed by atoms with Crippen LogP contribution < -0.4 is 9.47 Å². The molecule has 0 aliphatic heterocycles. The van der Waals surface area contributed by atoms with E-state index in [1.807, 2.05) is 32.0 Å². The molecule has 5 nitrogen and oxygen atoms in total. The van der Waals surface area contributed by atoms with Crippen LogP contribution >= 0.6 is 11.6 Å². The maximum atomic E-state index is 13.5. The van der Waals surface area contributed by atoms with Gasteiger partial charge in [0.05, 0.1) is 28.2 Å². The van der Waals surface area contributed by atoms with Crippen molar-refractivity contribution in [2.75, 3.05) is 6.61 Å². The number of hydrogen-bond donors (Lipinski definition) is 1. The van der Waals surface area contributed by atoms with Crippen molar-refractivity contribution in [3.05, 3.63) is 88.0 Å². The number of benzene rings is 3. The summed E-state index contributed by atoms with van der Waals surface area (Å²) in [4.78, 5) is 7.72. The van der Waals surface area contributed by atoms with E-state index in [-0.39, 0.29) is 12.4 Å². The third-order valence-electron chi connectivity index (χ3n) is 4.93. The molecule has 0 aliphatic carbocycles. The Hall–Kier alpha value is -3.82. The van der Waals surface area contributed by atoms with Crippen LogP contribution in [0.2, 0.25) is 5.02 Å². The number of ether oxygens (including phenoxy) is 2. The fraction of sp³-hybridized carbons (Fsp3) is 0.154. The van der Waals surface area contributed by atoms with E-state index in [0.717, 1.165) is 16.6 Å². The van der Waals surface area contributed by atoms with Gasteiger partial charge in [-0.2, -0.15) is 5.26 Å². The van der Waals surface area contributed by atoms with E-state index < -0.39 is 0 Å². The summed E-state index contributed by atoms with van der Waals surface area (Å²) in [7, 11) is 0. The number of allylic oxidation sites excluding steroid dienone is 1. The Morgan fingerprint density at radius 2 is 2.03 bits per heavy atom. The monoisotopic (exact) mass is 461 g/mol. The molecule has 0 atom stereocenters. The molecule has 0 aliphatic rings. The number of nitrogens with one attached hydrogen (secondary N) is 1. The Kier molecular flexibility index (Phi) is 6.62. The predicted molar refractivity (Wildman–Crippen MR) is 128 cm³/mol. The molecule has 7 heteroatoms. The SMILES string of the molecule is CCOc1cc(/C=C(/C#N)c2nc3ccc(C)cc3[nH]2)cc(Cl)c1OCc1cccc(F)c1. The Labute approximate surface area is 196 Å². The first kappa shape index (κ1) is 22.4. The number of nitrogens with zero attached hydrogens (tertiary/aromatic N) is 2. The van der Waals surface area contributed by atoms with E-state index in [4.69, 9.17) is 21.1 Å². The molecule has 0 fully saturated rings. The standard InChI is InChI=1S/C26H21ClFN3O2/c1-3-32-24-13-18(12-21(27)25(24)33-15-17-5-4-6-20(28)11-17)10-19(14-29)26-30-22-8-7-16(2)9-23(22)31-26/h4-13H,3,15H2,1-2H3,(H,30,31)/b19-10-. The van der Waals surface area contributed by atoms with Crippen LogP contribution in [0.4, 0.5) is 4.39 Å². The van der Waals surface area contributed by atoms with Crippen molar-refractivity contribution in [3.63, 3.8) is 0 Å². The van der Waals surface area contributed by atoms with E-state index in [9.17, 15) is 9.65 Å². The molecule has 0 bridgehead atoms. The highest BCUT2D eigenvalue weighted by Crippen LogP contribution is 2.38. The van der Waals surface area contributed by atoms with Crippen LogP contribution in [0.5, 0.6) is 11.5 Å². The van der Waals surface area contributed by atoms with Gasteiger partial charge in [0.1, 0.15) is 24.3 Å². The fourth-order valence-electron chi connectivity index (χ4n) is 3.43. The minimum Gasteiger partial charge on any atom is -0.490 e. The van der Waals surface area contributed by atoms with Gasteiger partial charge >= 0.3 is 0 Å². The van der Waals surface area contributed by atoms with Crippen LogP contribution in [0.25, 0.3) is 22.7 Å². The highest BCUT2D eigenvalue weighted by molar-refractivity contribution is 6.32. The number of fused-ring (bicyclic) bond motifs is 1. The zero-order valence-electron chi connectivity index (χ0n) is 18.2. The molecule has 0 radical (unpaired) electrons. The molecular weight excluding hydrogens is 441 g/mol. The van der Waals surface area contributed by atoms with Crippen LogP contribution in [0.3, 0.4) is 0 Å². The van der Waals surface area contributed by atoms with Crippen molar-refractivity contribution in [3.8, 4) is 17.6 Å². The van der Waals surface area contributed by atoms with E-state index in [2.05, 4.69) is 16.0 Å². The number of rotatable bonds is 7. The third-order valence-corrected chi connectivity index (χ3v) is 5.21. The van der Waals surface area contributed by atoms with Crippen LogP contribution in [-0.2, 0) is 6.61 Å². The highest BCUT2D eigenvalue weighted by Gasteiger charge is 2.14. The van der Waals surface area contributed by atoms with Gasteiger partial charge < -0.3 is 14.5 Å². The molecule has 166 valence electrons. The molecule has 1 aromatic heterocycles. The Bertz CT molecular complexity index is 1390. The second-order valence-electron chi connectivity index (χ2n) is 7.46. The second kappa shape index (κ2) is 9.76. The molecule has 0 spiro atoms. The van der Waals surface area contributed by atoms with Crippen molar-refractivity contribution in [1.82, 2.24) is 9.97 Å². The second-order valence-corrected chi connectivity index (χ2v) is 7.86. The molecule has 0 saturated heterocycles. The molecule has 1 N–H and O–H groups in total. The van der Waals surface area contributed by atoms with Crippen LogP contribution in [0, 0.1) is 24.1 Å². The number of hydrogen-bond acceptors (Lipinski definition) is 4. The van der Waals surface area contributed by atoms with Gasteiger partial charge in [0.2, 0.25) is 0 Å². The number of H-pyrrole nitrogens is 1. The van der Waals surface area contributed by atoms with E-state index in [1.54, 1.807) is 30.3 Å². The largest absolute Gasteiger partial charge is 0.490 e. The number of aromatic amines is 1. The summed E-state index contributed by atoms with van der Waals surface area (Å²) < 4.78 is 25.1. The molecule has 1 heterocycles. The number of aryl methyl sites for hydroxylation is 1. The summed E-state index contributed by atoms with van der Waals surface area (Å²) in [6.07, 6.45) is 1.69. The normalized spacial score (nSPS) is 11.4. The quantitative estimate of drug-likeness (QED) is 0.310. The molecular formula is C26H21ClFN3O2. The van der Waals surface area contributed by atoms with Gasteiger partial charge in [0.25, 0.3) is 0 Å². The van der Waals surface area contributed by atoms with Crippen molar-refractivity contribution in [1.29, 1.82) is 5.26 Å². The first-order valence-corrected chi connectivity index (χ1v) is 10.8. The zero-order chi connectivity index (χ0) is 23.4. The van der Waals surface area contributed by atoms with Crippen LogP contribution in [0.15, 0.2) is 54.6 Å². The summed E-state index contributed by atoms with van der Waals surface area (Å²) in [6, 6.07) is 17.7. The molecule has 4 aromatic rings. The lowest BCUT2D eigenvalue weighted by Gasteiger charge is -2.15. The predicted octanol–water partition coefficient (Wildman–Crippen LogP) is 6.71. The highest BCUT2D eigenvalue weighted by atomic mass is 35.5. The number of nitriles is 1. The molecule has 3 aromatic carbocycles. The Morgan fingerprint density at radius 3 is 2.79 bits per heavy atom. The topological polar surface area (TPSA) is 70.9 Å². The summed E-state index contributed by atoms with van der Waals surface area (Å²) >= 11 is 6.51. The lowest BCUT2D eigenvalue weighted by atomic mass is 10.1. The van der Waals surface area contributed by atoms with E-state index in [0.29, 0.717) is 45.7 Å². The Morgan fingerprint density at radius 1 is 1.18 bits per heavy atom. The van der Waals surface area contributed by atoms with Crippen LogP contribution in [0.1, 0.15) is 29.4 Å². The van der Waals surface area contributed by atoms with Gasteiger partial charge in [-0.1, -0.05) is 29.8 Å². The average Bonchev–Trinajstić information content (AvgIpc) is 3.20. The van der Waals surface area contributed by atoms with Gasteiger partial charge in [0, 0.05) is 0 Å².